The van der Waals surface area contributed by atoms with Crippen molar-refractivity contribution < 1.29 is 28.5 Å². The van der Waals surface area contributed by atoms with E-state index in [9.17, 15) is 4.79 Å². The number of carbonyl (C=O) groups is 1. The van der Waals surface area contributed by atoms with Gasteiger partial charge in [0.1, 0.15) is 0 Å². The molecule has 27 heavy (non-hydrogen) atoms. The van der Waals surface area contributed by atoms with Gasteiger partial charge < -0.3 is 23.7 Å². The Morgan fingerprint density at radius 2 is 1.63 bits per heavy atom. The van der Waals surface area contributed by atoms with Crippen molar-refractivity contribution in [1.82, 2.24) is 0 Å². The quantitative estimate of drug-likeness (QED) is 0.575. The summed E-state index contributed by atoms with van der Waals surface area (Å²) in [5.41, 5.74) is 1.41. The summed E-state index contributed by atoms with van der Waals surface area (Å²) in [6, 6.07) is 10.5. The lowest BCUT2D eigenvalue weighted by Crippen LogP contribution is -2.06. The van der Waals surface area contributed by atoms with Gasteiger partial charge in [0, 0.05) is 11.1 Å². The van der Waals surface area contributed by atoms with Crippen molar-refractivity contribution in [3.05, 3.63) is 53.2 Å². The largest absolute Gasteiger partial charge is 0.493 e. The third-order valence-electron chi connectivity index (χ3n) is 3.98. The minimum atomic E-state index is -0.551. The monoisotopic (exact) mass is 369 g/mol. The van der Waals surface area contributed by atoms with Crippen molar-refractivity contribution in [3.8, 4) is 23.0 Å². The van der Waals surface area contributed by atoms with Gasteiger partial charge in [-0.3, -0.25) is 0 Å². The molecule has 0 atom stereocenters. The number of hydrogen-bond donors (Lipinski definition) is 0. The van der Waals surface area contributed by atoms with Crippen molar-refractivity contribution in [2.24, 2.45) is 4.99 Å². The molecule has 1 aliphatic rings. The number of rotatable bonds is 6. The predicted molar refractivity (Wildman–Crippen MR) is 99.7 cm³/mol. The van der Waals surface area contributed by atoms with Crippen LogP contribution in [0, 0.1) is 0 Å². The second-order valence-electron chi connectivity index (χ2n) is 5.49. The Hall–Kier alpha value is -3.48. The number of methoxy groups -OCH3 is 4. The molecule has 2 aromatic rings. The summed E-state index contributed by atoms with van der Waals surface area (Å²) in [6.07, 6.45) is 1.59. The average Bonchev–Trinajstić information content (AvgIpc) is 3.07. The SMILES string of the molecule is COc1ccc(C2=NC(=Cc3cccc(OC)c3OC)C(=O)O2)cc1OC. The fourth-order valence-corrected chi connectivity index (χ4v) is 2.67. The van der Waals surface area contributed by atoms with E-state index in [2.05, 4.69) is 4.99 Å². The Labute approximate surface area is 156 Å². The van der Waals surface area contributed by atoms with Gasteiger partial charge in [0.2, 0.25) is 5.90 Å². The summed E-state index contributed by atoms with van der Waals surface area (Å²) in [7, 11) is 6.16. The van der Waals surface area contributed by atoms with Crippen molar-refractivity contribution in [2.45, 2.75) is 0 Å². The Balaban J connectivity index is 1.99. The Bertz CT molecular complexity index is 932. The van der Waals surface area contributed by atoms with Crippen LogP contribution in [0.2, 0.25) is 0 Å². The summed E-state index contributed by atoms with van der Waals surface area (Å²) < 4.78 is 26.5. The highest BCUT2D eigenvalue weighted by atomic mass is 16.6. The summed E-state index contributed by atoms with van der Waals surface area (Å²) in [5.74, 6) is 1.79. The molecule has 7 heteroatoms. The standard InChI is InChI=1S/C20H19NO6/c1-23-15-9-8-13(11-17(15)25-3)19-21-14(20(22)27-19)10-12-6-5-7-16(24-2)18(12)26-4/h5-11H,1-4H3. The van der Waals surface area contributed by atoms with E-state index < -0.39 is 5.97 Å². The molecular weight excluding hydrogens is 350 g/mol. The van der Waals surface area contributed by atoms with Gasteiger partial charge in [0.15, 0.2) is 28.7 Å². The number of carbonyl (C=O) groups excluding carboxylic acids is 1. The molecule has 0 amide bonds. The zero-order chi connectivity index (χ0) is 19.4. The van der Waals surface area contributed by atoms with Crippen molar-refractivity contribution in [2.75, 3.05) is 28.4 Å². The zero-order valence-electron chi connectivity index (χ0n) is 15.4. The highest BCUT2D eigenvalue weighted by Gasteiger charge is 2.25. The number of cyclic esters (lactones) is 1. The van der Waals surface area contributed by atoms with Crippen molar-refractivity contribution in [3.63, 3.8) is 0 Å². The number of benzene rings is 2. The molecule has 0 unspecified atom stereocenters. The minimum Gasteiger partial charge on any atom is -0.493 e. The van der Waals surface area contributed by atoms with E-state index in [-0.39, 0.29) is 11.6 Å². The van der Waals surface area contributed by atoms with Gasteiger partial charge in [-0.25, -0.2) is 9.79 Å². The number of esters is 1. The molecule has 3 rings (SSSR count). The van der Waals surface area contributed by atoms with Crippen LogP contribution < -0.4 is 18.9 Å². The number of ether oxygens (including phenoxy) is 5. The van der Waals surface area contributed by atoms with Gasteiger partial charge in [-0.2, -0.15) is 0 Å². The predicted octanol–water partition coefficient (Wildman–Crippen LogP) is 3.07. The van der Waals surface area contributed by atoms with Crippen LogP contribution in [0.25, 0.3) is 6.08 Å². The molecule has 0 fully saturated rings. The van der Waals surface area contributed by atoms with Crippen LogP contribution in [-0.4, -0.2) is 40.3 Å². The Morgan fingerprint density at radius 3 is 2.30 bits per heavy atom. The van der Waals surface area contributed by atoms with Crippen LogP contribution >= 0.6 is 0 Å². The van der Waals surface area contributed by atoms with Crippen molar-refractivity contribution in [1.29, 1.82) is 0 Å². The third kappa shape index (κ3) is 3.57. The normalized spacial score (nSPS) is 14.6. The van der Waals surface area contributed by atoms with Gasteiger partial charge in [0.05, 0.1) is 28.4 Å². The Kier molecular flexibility index (Phi) is 5.30. The van der Waals surface area contributed by atoms with Gasteiger partial charge >= 0.3 is 5.97 Å². The topological polar surface area (TPSA) is 75.6 Å². The molecule has 0 aliphatic carbocycles. The molecule has 0 bridgehead atoms. The first-order chi connectivity index (χ1) is 13.1. The maximum atomic E-state index is 12.3. The van der Waals surface area contributed by atoms with Crippen LogP contribution in [0.15, 0.2) is 47.1 Å². The second kappa shape index (κ2) is 7.82. The fraction of sp³-hybridized carbons (Fsp3) is 0.200. The van der Waals surface area contributed by atoms with E-state index >= 15 is 0 Å². The van der Waals surface area contributed by atoms with E-state index in [1.54, 1.807) is 56.7 Å². The molecular formula is C20H19NO6. The number of hydrogen-bond acceptors (Lipinski definition) is 7. The summed E-state index contributed by atoms with van der Waals surface area (Å²) >= 11 is 0. The molecule has 0 radical (unpaired) electrons. The van der Waals surface area contributed by atoms with Crippen molar-refractivity contribution >= 4 is 17.9 Å². The lowest BCUT2D eigenvalue weighted by atomic mass is 10.1. The van der Waals surface area contributed by atoms with E-state index in [1.807, 2.05) is 0 Å². The Morgan fingerprint density at radius 1 is 0.889 bits per heavy atom. The smallest absolute Gasteiger partial charge is 0.363 e. The molecule has 0 saturated heterocycles. The highest BCUT2D eigenvalue weighted by molar-refractivity contribution is 6.13. The maximum Gasteiger partial charge on any atom is 0.363 e. The number of nitrogens with zero attached hydrogens (tertiary/aromatic N) is 1. The first-order valence-corrected chi connectivity index (χ1v) is 8.07. The highest BCUT2D eigenvalue weighted by Crippen LogP contribution is 2.34. The summed E-state index contributed by atoms with van der Waals surface area (Å²) in [5, 5.41) is 0. The van der Waals surface area contributed by atoms with E-state index in [4.69, 9.17) is 23.7 Å². The van der Waals surface area contributed by atoms with Crippen LogP contribution in [0.5, 0.6) is 23.0 Å². The minimum absolute atomic E-state index is 0.159. The van der Waals surface area contributed by atoms with E-state index in [0.29, 0.717) is 34.1 Å². The second-order valence-corrected chi connectivity index (χ2v) is 5.49. The summed E-state index contributed by atoms with van der Waals surface area (Å²) in [4.78, 5) is 16.6. The maximum absolute atomic E-state index is 12.3. The summed E-state index contributed by atoms with van der Waals surface area (Å²) in [6.45, 7) is 0. The number of para-hydroxylation sites is 1. The molecule has 140 valence electrons. The van der Waals surface area contributed by atoms with E-state index in [1.165, 1.54) is 14.2 Å². The van der Waals surface area contributed by atoms with Gasteiger partial charge in [-0.1, -0.05) is 12.1 Å². The van der Waals surface area contributed by atoms with Gasteiger partial charge in [-0.15, -0.1) is 0 Å². The molecule has 0 aromatic heterocycles. The lowest BCUT2D eigenvalue weighted by molar-refractivity contribution is -0.129. The molecule has 1 heterocycles. The molecule has 1 aliphatic heterocycles. The molecule has 2 aromatic carbocycles. The van der Waals surface area contributed by atoms with Crippen LogP contribution in [0.3, 0.4) is 0 Å². The average molecular weight is 369 g/mol. The first-order valence-electron chi connectivity index (χ1n) is 8.07. The molecule has 0 saturated carbocycles. The van der Waals surface area contributed by atoms with Crippen LogP contribution in [0.1, 0.15) is 11.1 Å². The third-order valence-corrected chi connectivity index (χ3v) is 3.98. The zero-order valence-corrected chi connectivity index (χ0v) is 15.4. The lowest BCUT2D eigenvalue weighted by Gasteiger charge is -2.09. The molecule has 0 N–H and O–H groups in total. The van der Waals surface area contributed by atoms with Gasteiger partial charge in [0.25, 0.3) is 0 Å². The molecule has 0 spiro atoms. The van der Waals surface area contributed by atoms with E-state index in [0.717, 1.165) is 0 Å². The van der Waals surface area contributed by atoms with Gasteiger partial charge in [-0.05, 0) is 30.3 Å². The molecule has 7 nitrogen and oxygen atoms in total. The van der Waals surface area contributed by atoms with Crippen LogP contribution in [0.4, 0.5) is 0 Å². The fourth-order valence-electron chi connectivity index (χ4n) is 2.67. The number of aliphatic imine (C=N–C) groups is 1. The van der Waals surface area contributed by atoms with Crippen LogP contribution in [-0.2, 0) is 9.53 Å². The first kappa shape index (κ1) is 18.3.